The van der Waals surface area contributed by atoms with Gasteiger partial charge in [-0.05, 0) is 31.9 Å². The molecule has 24 heavy (non-hydrogen) atoms. The minimum atomic E-state index is -0.930. The van der Waals surface area contributed by atoms with Crippen molar-refractivity contribution >= 4 is 23.5 Å². The molecule has 1 fully saturated rings. The van der Waals surface area contributed by atoms with Crippen molar-refractivity contribution in [3.8, 4) is 5.75 Å². The Kier molecular flexibility index (Phi) is 4.17. The second-order valence-corrected chi connectivity index (χ2v) is 6.52. The molecule has 3 rings (SSSR count). The number of ether oxygens (including phenoxy) is 1. The Morgan fingerprint density at radius 2 is 2.08 bits per heavy atom. The summed E-state index contributed by atoms with van der Waals surface area (Å²) in [5, 5.41) is 9.37. The lowest BCUT2D eigenvalue weighted by Crippen LogP contribution is -2.52. The molecule has 0 aliphatic carbocycles. The number of piperidine rings is 1. The number of fused-ring (bicyclic) bond motifs is 1. The Bertz CT molecular complexity index is 689. The minimum Gasteiger partial charge on any atom is -0.482 e. The van der Waals surface area contributed by atoms with E-state index in [0.717, 1.165) is 0 Å². The molecule has 7 heteroatoms. The molecule has 0 saturated carbocycles. The zero-order valence-corrected chi connectivity index (χ0v) is 13.5. The van der Waals surface area contributed by atoms with Gasteiger partial charge in [0.25, 0.3) is 5.91 Å². The normalized spacial score (nSPS) is 23.5. The maximum atomic E-state index is 12.6. The van der Waals surface area contributed by atoms with Gasteiger partial charge in [0.1, 0.15) is 12.3 Å². The molecular weight excluding hydrogens is 312 g/mol. The first-order valence-electron chi connectivity index (χ1n) is 7.94. The molecule has 1 aromatic carbocycles. The smallest absolute Gasteiger partial charge is 0.311 e. The number of carboxylic acid groups (broad SMARTS) is 1. The van der Waals surface area contributed by atoms with E-state index >= 15 is 0 Å². The molecule has 1 saturated heterocycles. The zero-order valence-electron chi connectivity index (χ0n) is 13.5. The summed E-state index contributed by atoms with van der Waals surface area (Å²) in [6.07, 6.45) is 1.19. The van der Waals surface area contributed by atoms with Crippen LogP contribution in [0.4, 0.5) is 5.69 Å². The molecule has 1 unspecified atom stereocenters. The van der Waals surface area contributed by atoms with E-state index in [1.807, 2.05) is 0 Å². The maximum Gasteiger partial charge on any atom is 0.311 e. The average Bonchev–Trinajstić information content (AvgIpc) is 2.57. The van der Waals surface area contributed by atoms with Gasteiger partial charge in [0.15, 0.2) is 6.61 Å². The lowest BCUT2D eigenvalue weighted by molar-refractivity contribution is -0.153. The Morgan fingerprint density at radius 3 is 2.83 bits per heavy atom. The van der Waals surface area contributed by atoms with Crippen molar-refractivity contribution in [1.82, 2.24) is 4.90 Å². The van der Waals surface area contributed by atoms with E-state index in [9.17, 15) is 19.5 Å². The third kappa shape index (κ3) is 2.93. The van der Waals surface area contributed by atoms with Gasteiger partial charge in [0.05, 0.1) is 11.1 Å². The van der Waals surface area contributed by atoms with Gasteiger partial charge in [0.2, 0.25) is 5.91 Å². The van der Waals surface area contributed by atoms with Crippen LogP contribution in [0.1, 0.15) is 19.8 Å². The third-order valence-corrected chi connectivity index (χ3v) is 4.67. The predicted molar refractivity (Wildman–Crippen MR) is 85.8 cm³/mol. The number of para-hydroxylation sites is 2. The third-order valence-electron chi connectivity index (χ3n) is 4.67. The highest BCUT2D eigenvalue weighted by Crippen LogP contribution is 2.33. The number of hydrogen-bond acceptors (Lipinski definition) is 4. The molecule has 0 bridgehead atoms. The first-order chi connectivity index (χ1) is 11.4. The summed E-state index contributed by atoms with van der Waals surface area (Å²) in [5.74, 6) is -0.848. The molecule has 1 aromatic rings. The van der Waals surface area contributed by atoms with Crippen LogP contribution in [-0.4, -0.2) is 54.0 Å². The molecule has 1 N–H and O–H groups in total. The minimum absolute atomic E-state index is 0.100. The van der Waals surface area contributed by atoms with Gasteiger partial charge in [-0.15, -0.1) is 0 Å². The number of amides is 2. The molecule has 2 amide bonds. The van der Waals surface area contributed by atoms with Crippen LogP contribution >= 0.6 is 0 Å². The fourth-order valence-electron chi connectivity index (χ4n) is 3.19. The van der Waals surface area contributed by atoms with Gasteiger partial charge in [-0.1, -0.05) is 12.1 Å². The van der Waals surface area contributed by atoms with E-state index in [-0.39, 0.29) is 31.5 Å². The Hall–Kier alpha value is -2.57. The molecule has 0 radical (unpaired) electrons. The van der Waals surface area contributed by atoms with E-state index in [2.05, 4.69) is 0 Å². The van der Waals surface area contributed by atoms with Crippen molar-refractivity contribution in [2.24, 2.45) is 5.41 Å². The number of hydrogen-bond donors (Lipinski definition) is 1. The molecule has 0 spiro atoms. The highest BCUT2D eigenvalue weighted by atomic mass is 16.5. The number of carbonyl (C=O) groups is 3. The summed E-state index contributed by atoms with van der Waals surface area (Å²) in [5.41, 5.74) is -0.360. The van der Waals surface area contributed by atoms with Crippen molar-refractivity contribution in [1.29, 1.82) is 0 Å². The highest BCUT2D eigenvalue weighted by Gasteiger charge is 2.40. The number of aliphatic carboxylic acids is 1. The summed E-state index contributed by atoms with van der Waals surface area (Å²) >= 11 is 0. The molecule has 2 aliphatic rings. The average molecular weight is 332 g/mol. The molecular formula is C17H20N2O5. The first kappa shape index (κ1) is 16.3. The van der Waals surface area contributed by atoms with Crippen molar-refractivity contribution in [3.05, 3.63) is 24.3 Å². The van der Waals surface area contributed by atoms with E-state index in [1.165, 1.54) is 4.90 Å². The first-order valence-corrected chi connectivity index (χ1v) is 7.94. The van der Waals surface area contributed by atoms with Gasteiger partial charge in [-0.25, -0.2) is 0 Å². The topological polar surface area (TPSA) is 87.2 Å². The van der Waals surface area contributed by atoms with Crippen molar-refractivity contribution in [2.45, 2.75) is 19.8 Å². The second kappa shape index (κ2) is 6.14. The Labute approximate surface area is 139 Å². The van der Waals surface area contributed by atoms with Gasteiger partial charge in [-0.3, -0.25) is 19.3 Å². The lowest BCUT2D eigenvalue weighted by atomic mass is 9.82. The number of likely N-dealkylation sites (tertiary alicyclic amines) is 1. The van der Waals surface area contributed by atoms with Crippen LogP contribution in [0.5, 0.6) is 5.75 Å². The van der Waals surface area contributed by atoms with Crippen molar-refractivity contribution < 1.29 is 24.2 Å². The largest absolute Gasteiger partial charge is 0.482 e. The maximum absolute atomic E-state index is 12.6. The quantitative estimate of drug-likeness (QED) is 0.896. The van der Waals surface area contributed by atoms with E-state index < -0.39 is 11.4 Å². The number of carbonyl (C=O) groups excluding carboxylic acids is 2. The number of anilines is 1. The molecule has 7 nitrogen and oxygen atoms in total. The van der Waals surface area contributed by atoms with Crippen LogP contribution in [0.15, 0.2) is 24.3 Å². The fourth-order valence-corrected chi connectivity index (χ4v) is 3.19. The van der Waals surface area contributed by atoms with Crippen molar-refractivity contribution in [3.63, 3.8) is 0 Å². The fraction of sp³-hybridized carbons (Fsp3) is 0.471. The van der Waals surface area contributed by atoms with E-state index in [1.54, 1.807) is 36.1 Å². The SMILES string of the molecule is CC1(C(=O)O)CCCN(C(=O)CN2C(=O)COc3ccccc32)C1. The zero-order chi connectivity index (χ0) is 17.3. The van der Waals surface area contributed by atoms with E-state index in [4.69, 9.17) is 4.74 Å². The van der Waals surface area contributed by atoms with Crippen LogP contribution in [0, 0.1) is 5.41 Å². The summed E-state index contributed by atoms with van der Waals surface area (Å²) in [4.78, 5) is 39.2. The van der Waals surface area contributed by atoms with Crippen LogP contribution < -0.4 is 9.64 Å². The number of rotatable bonds is 3. The van der Waals surface area contributed by atoms with Gasteiger partial charge in [0, 0.05) is 13.1 Å². The Morgan fingerprint density at radius 1 is 1.33 bits per heavy atom. The van der Waals surface area contributed by atoms with Crippen LogP contribution in [0.25, 0.3) is 0 Å². The lowest BCUT2D eigenvalue weighted by Gasteiger charge is -2.38. The molecule has 2 heterocycles. The molecule has 2 aliphatic heterocycles. The monoisotopic (exact) mass is 332 g/mol. The van der Waals surface area contributed by atoms with Crippen LogP contribution in [-0.2, 0) is 14.4 Å². The molecule has 0 aromatic heterocycles. The molecule has 1 atom stereocenters. The van der Waals surface area contributed by atoms with Gasteiger partial charge >= 0.3 is 5.97 Å². The number of benzene rings is 1. The summed E-state index contributed by atoms with van der Waals surface area (Å²) in [7, 11) is 0. The van der Waals surface area contributed by atoms with Crippen LogP contribution in [0.2, 0.25) is 0 Å². The number of carboxylic acids is 1. The Balaban J connectivity index is 1.75. The van der Waals surface area contributed by atoms with Gasteiger partial charge in [-0.2, -0.15) is 0 Å². The van der Waals surface area contributed by atoms with Gasteiger partial charge < -0.3 is 14.7 Å². The van der Waals surface area contributed by atoms with Crippen LogP contribution in [0.3, 0.4) is 0 Å². The number of nitrogens with zero attached hydrogens (tertiary/aromatic N) is 2. The summed E-state index contributed by atoms with van der Waals surface area (Å²) in [6, 6.07) is 7.07. The summed E-state index contributed by atoms with van der Waals surface area (Å²) < 4.78 is 5.36. The van der Waals surface area contributed by atoms with Crippen molar-refractivity contribution in [2.75, 3.05) is 31.1 Å². The molecule has 128 valence electrons. The second-order valence-electron chi connectivity index (χ2n) is 6.52. The standard InChI is InChI=1S/C17H20N2O5/c1-17(16(22)23)7-4-8-18(11-17)14(20)9-19-12-5-2-3-6-13(12)24-10-15(19)21/h2-3,5-6H,4,7-11H2,1H3,(H,22,23). The van der Waals surface area contributed by atoms with E-state index in [0.29, 0.717) is 30.8 Å². The predicted octanol–water partition coefficient (Wildman–Crippen LogP) is 1.13. The highest BCUT2D eigenvalue weighted by molar-refractivity contribution is 6.02. The summed E-state index contributed by atoms with van der Waals surface area (Å²) in [6.45, 7) is 2.14.